The molecule has 1 aromatic carbocycles. The summed E-state index contributed by atoms with van der Waals surface area (Å²) in [5, 5.41) is 3.33. The first kappa shape index (κ1) is 15.2. The van der Waals surface area contributed by atoms with Gasteiger partial charge in [0.05, 0.1) is 21.3 Å². The second kappa shape index (κ2) is 5.47. The Bertz CT molecular complexity index is 681. The monoisotopic (exact) mass is 341 g/mol. The van der Waals surface area contributed by atoms with Crippen molar-refractivity contribution in [2.45, 2.75) is 25.3 Å². The van der Waals surface area contributed by atoms with E-state index in [1.165, 1.54) is 22.5 Å². The number of rotatable bonds is 3. The Labute approximate surface area is 139 Å². The van der Waals surface area contributed by atoms with Crippen molar-refractivity contribution in [1.29, 1.82) is 0 Å². The molecular formula is C16H17Cl2NOS. The van der Waals surface area contributed by atoms with Crippen molar-refractivity contribution in [2.24, 2.45) is 0 Å². The largest absolute Gasteiger partial charge is 0.492 e. The molecule has 2 aromatic rings. The highest BCUT2D eigenvalue weighted by molar-refractivity contribution is 7.20. The van der Waals surface area contributed by atoms with Crippen LogP contribution in [0.15, 0.2) is 24.3 Å². The lowest BCUT2D eigenvalue weighted by Gasteiger charge is -2.20. The molecule has 1 unspecified atom stereocenters. The Morgan fingerprint density at radius 3 is 2.67 bits per heavy atom. The minimum absolute atomic E-state index is 0.0305. The molecule has 0 spiro atoms. The molecule has 0 aliphatic carbocycles. The Hall–Kier alpha value is -0.740. The molecule has 1 aliphatic rings. The van der Waals surface area contributed by atoms with E-state index in [9.17, 15) is 0 Å². The lowest BCUT2D eigenvalue weighted by atomic mass is 9.85. The zero-order chi connectivity index (χ0) is 15.2. The second-order valence-corrected chi connectivity index (χ2v) is 8.21. The van der Waals surface area contributed by atoms with E-state index in [-0.39, 0.29) is 11.5 Å². The van der Waals surface area contributed by atoms with Crippen LogP contribution in [0.25, 0.3) is 0 Å². The number of halogens is 2. The van der Waals surface area contributed by atoms with Crippen molar-refractivity contribution in [3.63, 3.8) is 0 Å². The van der Waals surface area contributed by atoms with Crippen molar-refractivity contribution in [1.82, 2.24) is 5.32 Å². The van der Waals surface area contributed by atoms with Gasteiger partial charge >= 0.3 is 0 Å². The zero-order valence-corrected chi connectivity index (χ0v) is 14.5. The van der Waals surface area contributed by atoms with Gasteiger partial charge in [-0.1, -0.05) is 43.1 Å². The molecule has 0 fully saturated rings. The maximum Gasteiger partial charge on any atom is 0.123 e. The van der Waals surface area contributed by atoms with Crippen molar-refractivity contribution >= 4 is 34.5 Å². The van der Waals surface area contributed by atoms with Gasteiger partial charge in [-0.15, -0.1) is 11.3 Å². The number of fused-ring (bicyclic) bond motifs is 1. The Kier molecular flexibility index (Phi) is 3.95. The molecule has 1 aliphatic heterocycles. The average molecular weight is 342 g/mol. The second-order valence-electron chi connectivity index (χ2n) is 5.93. The fourth-order valence-electron chi connectivity index (χ4n) is 2.77. The molecule has 3 rings (SSSR count). The minimum Gasteiger partial charge on any atom is -0.492 e. The Balaban J connectivity index is 2.05. The van der Waals surface area contributed by atoms with Crippen LogP contribution in [0.5, 0.6) is 5.75 Å². The molecule has 0 radical (unpaired) electrons. The summed E-state index contributed by atoms with van der Waals surface area (Å²) in [5.41, 5.74) is 3.48. The number of hydrogen-bond acceptors (Lipinski definition) is 3. The highest BCUT2D eigenvalue weighted by atomic mass is 35.5. The van der Waals surface area contributed by atoms with Crippen LogP contribution in [-0.4, -0.2) is 13.7 Å². The number of thiophene rings is 1. The molecule has 1 atom stereocenters. The molecule has 112 valence electrons. The molecule has 5 heteroatoms. The fourth-order valence-corrected chi connectivity index (χ4v) is 4.30. The molecule has 0 amide bonds. The van der Waals surface area contributed by atoms with Gasteiger partial charge in [0, 0.05) is 16.5 Å². The van der Waals surface area contributed by atoms with Crippen molar-refractivity contribution in [2.75, 3.05) is 13.7 Å². The van der Waals surface area contributed by atoms with E-state index in [4.69, 9.17) is 27.9 Å². The molecule has 0 saturated carbocycles. The smallest absolute Gasteiger partial charge is 0.123 e. The first-order chi connectivity index (χ1) is 9.92. The topological polar surface area (TPSA) is 21.3 Å². The maximum absolute atomic E-state index is 6.31. The van der Waals surface area contributed by atoms with E-state index in [2.05, 4.69) is 31.3 Å². The van der Waals surface area contributed by atoms with Gasteiger partial charge in [0.25, 0.3) is 0 Å². The SMILES string of the molecule is CNC(c1ccc2c(c1)C(C)(C)CO2)c1cc(Cl)sc1Cl. The van der Waals surface area contributed by atoms with Gasteiger partial charge < -0.3 is 10.1 Å². The van der Waals surface area contributed by atoms with Gasteiger partial charge in [0.15, 0.2) is 0 Å². The first-order valence-electron chi connectivity index (χ1n) is 6.81. The van der Waals surface area contributed by atoms with E-state index in [1.807, 2.05) is 19.2 Å². The minimum atomic E-state index is 0.0305. The number of hydrogen-bond donors (Lipinski definition) is 1. The van der Waals surface area contributed by atoms with Crippen LogP contribution in [0, 0.1) is 0 Å². The van der Waals surface area contributed by atoms with Gasteiger partial charge in [0.2, 0.25) is 0 Å². The summed E-state index contributed by atoms with van der Waals surface area (Å²) in [5.74, 6) is 0.980. The van der Waals surface area contributed by atoms with Crippen molar-refractivity contribution < 1.29 is 4.74 Å². The third kappa shape index (κ3) is 2.68. The third-order valence-electron chi connectivity index (χ3n) is 3.94. The summed E-state index contributed by atoms with van der Waals surface area (Å²) in [7, 11) is 1.93. The van der Waals surface area contributed by atoms with Crippen LogP contribution < -0.4 is 10.1 Å². The number of ether oxygens (including phenoxy) is 1. The van der Waals surface area contributed by atoms with Gasteiger partial charge in [-0.25, -0.2) is 0 Å². The van der Waals surface area contributed by atoms with Crippen LogP contribution >= 0.6 is 34.5 Å². The summed E-state index contributed by atoms with van der Waals surface area (Å²) in [6, 6.07) is 8.31. The van der Waals surface area contributed by atoms with E-state index < -0.39 is 0 Å². The standard InChI is InChI=1S/C16H17Cl2NOS/c1-16(2)8-20-12-5-4-9(6-11(12)16)14(19-3)10-7-13(17)21-15(10)18/h4-7,14,19H,8H2,1-3H3. The lowest BCUT2D eigenvalue weighted by Crippen LogP contribution is -2.20. The lowest BCUT2D eigenvalue weighted by molar-refractivity contribution is 0.291. The van der Waals surface area contributed by atoms with E-state index >= 15 is 0 Å². The molecule has 0 saturated heterocycles. The predicted octanol–water partition coefficient (Wildman–Crippen LogP) is 5.03. The summed E-state index contributed by atoms with van der Waals surface area (Å²) < 4.78 is 7.19. The number of nitrogens with one attached hydrogen (secondary N) is 1. The normalized spacial score (nSPS) is 17.4. The molecular weight excluding hydrogens is 325 g/mol. The van der Waals surface area contributed by atoms with E-state index in [0.29, 0.717) is 4.34 Å². The maximum atomic E-state index is 6.31. The van der Waals surface area contributed by atoms with Gasteiger partial charge in [0.1, 0.15) is 5.75 Å². The summed E-state index contributed by atoms with van der Waals surface area (Å²) in [6.07, 6.45) is 0. The molecule has 2 heterocycles. The van der Waals surface area contributed by atoms with E-state index in [1.54, 1.807) is 0 Å². The van der Waals surface area contributed by atoms with Gasteiger partial charge in [-0.2, -0.15) is 0 Å². The molecule has 1 N–H and O–H groups in total. The molecule has 1 aromatic heterocycles. The summed E-state index contributed by atoms with van der Waals surface area (Å²) >= 11 is 13.8. The Morgan fingerprint density at radius 2 is 2.05 bits per heavy atom. The quantitative estimate of drug-likeness (QED) is 0.844. The van der Waals surface area contributed by atoms with Crippen LogP contribution in [-0.2, 0) is 5.41 Å². The highest BCUT2D eigenvalue weighted by Crippen LogP contribution is 2.42. The zero-order valence-electron chi connectivity index (χ0n) is 12.2. The first-order valence-corrected chi connectivity index (χ1v) is 8.39. The summed E-state index contributed by atoms with van der Waals surface area (Å²) in [4.78, 5) is 0. The van der Waals surface area contributed by atoms with Gasteiger partial charge in [-0.3, -0.25) is 0 Å². The van der Waals surface area contributed by atoms with Gasteiger partial charge in [-0.05, 0) is 30.8 Å². The summed E-state index contributed by atoms with van der Waals surface area (Å²) in [6.45, 7) is 5.12. The van der Waals surface area contributed by atoms with E-state index in [0.717, 1.165) is 22.3 Å². The average Bonchev–Trinajstić information content (AvgIpc) is 2.91. The van der Waals surface area contributed by atoms with Crippen LogP contribution in [0.2, 0.25) is 8.67 Å². The highest BCUT2D eigenvalue weighted by Gasteiger charge is 2.32. The van der Waals surface area contributed by atoms with Crippen LogP contribution in [0.4, 0.5) is 0 Å². The van der Waals surface area contributed by atoms with Crippen LogP contribution in [0.3, 0.4) is 0 Å². The van der Waals surface area contributed by atoms with Crippen molar-refractivity contribution in [3.8, 4) is 5.75 Å². The van der Waals surface area contributed by atoms with Crippen LogP contribution in [0.1, 0.15) is 36.6 Å². The number of benzene rings is 1. The molecule has 0 bridgehead atoms. The third-order valence-corrected chi connectivity index (χ3v) is 5.46. The Morgan fingerprint density at radius 1 is 1.29 bits per heavy atom. The fraction of sp³-hybridized carbons (Fsp3) is 0.375. The van der Waals surface area contributed by atoms with Crippen molar-refractivity contribution in [3.05, 3.63) is 49.6 Å². The molecule has 21 heavy (non-hydrogen) atoms. The predicted molar refractivity (Wildman–Crippen MR) is 90.2 cm³/mol. The molecule has 2 nitrogen and oxygen atoms in total.